The van der Waals surface area contributed by atoms with Crippen LogP contribution in [0.5, 0.6) is 0 Å². The summed E-state index contributed by atoms with van der Waals surface area (Å²) in [6.45, 7) is 6.34. The standard InChI is InChI=1S/C13H18O2Si/c1-11(9-13(14)15)16(2,3)10-12-7-5-4-6-8-12/h4-9H,10H2,1-3H3,(H,14,15)/b11-9-. The number of allylic oxidation sites excluding steroid dienone is 1. The third kappa shape index (κ3) is 3.66. The summed E-state index contributed by atoms with van der Waals surface area (Å²) in [5.74, 6) is -0.842. The summed E-state index contributed by atoms with van der Waals surface area (Å²) < 4.78 is 0. The Morgan fingerprint density at radius 3 is 2.38 bits per heavy atom. The number of carboxylic acids is 1. The lowest BCUT2D eigenvalue weighted by atomic mass is 10.2. The molecule has 1 aromatic rings. The van der Waals surface area contributed by atoms with Crippen LogP contribution < -0.4 is 0 Å². The van der Waals surface area contributed by atoms with Crippen LogP contribution in [0, 0.1) is 0 Å². The molecule has 1 N–H and O–H groups in total. The molecule has 1 aromatic carbocycles. The molecule has 0 aromatic heterocycles. The van der Waals surface area contributed by atoms with Crippen molar-refractivity contribution >= 4 is 14.0 Å². The van der Waals surface area contributed by atoms with Gasteiger partial charge in [-0.1, -0.05) is 54.2 Å². The van der Waals surface area contributed by atoms with Gasteiger partial charge in [0.1, 0.15) is 0 Å². The second-order valence-electron chi connectivity index (χ2n) is 4.71. The van der Waals surface area contributed by atoms with E-state index in [1.54, 1.807) is 0 Å². The van der Waals surface area contributed by atoms with Crippen molar-refractivity contribution in [2.24, 2.45) is 0 Å². The van der Waals surface area contributed by atoms with E-state index in [-0.39, 0.29) is 0 Å². The molecule has 0 spiro atoms. The van der Waals surface area contributed by atoms with Crippen molar-refractivity contribution in [1.82, 2.24) is 0 Å². The van der Waals surface area contributed by atoms with E-state index in [1.165, 1.54) is 11.6 Å². The van der Waals surface area contributed by atoms with Crippen LogP contribution in [-0.4, -0.2) is 19.1 Å². The van der Waals surface area contributed by atoms with Gasteiger partial charge in [-0.3, -0.25) is 0 Å². The second-order valence-corrected chi connectivity index (χ2v) is 9.62. The van der Waals surface area contributed by atoms with E-state index in [0.717, 1.165) is 11.2 Å². The molecule has 0 atom stereocenters. The van der Waals surface area contributed by atoms with Gasteiger partial charge in [-0.15, -0.1) is 0 Å². The van der Waals surface area contributed by atoms with Crippen LogP contribution in [-0.2, 0) is 10.8 Å². The number of aliphatic carboxylic acids is 1. The number of hydrogen-bond donors (Lipinski definition) is 1. The molecule has 2 nitrogen and oxygen atoms in total. The summed E-state index contributed by atoms with van der Waals surface area (Å²) >= 11 is 0. The molecule has 0 aliphatic carbocycles. The first-order valence-corrected chi connectivity index (χ1v) is 8.58. The average molecular weight is 234 g/mol. The molecule has 3 heteroatoms. The lowest BCUT2D eigenvalue weighted by Gasteiger charge is -2.23. The van der Waals surface area contributed by atoms with Gasteiger partial charge in [-0.25, -0.2) is 4.79 Å². The van der Waals surface area contributed by atoms with E-state index in [9.17, 15) is 4.79 Å². The lowest BCUT2D eigenvalue weighted by Crippen LogP contribution is -2.32. The van der Waals surface area contributed by atoms with Crippen LogP contribution >= 0.6 is 0 Å². The first-order valence-electron chi connectivity index (χ1n) is 5.37. The van der Waals surface area contributed by atoms with Crippen molar-refractivity contribution in [2.75, 3.05) is 0 Å². The van der Waals surface area contributed by atoms with E-state index >= 15 is 0 Å². The lowest BCUT2D eigenvalue weighted by molar-refractivity contribution is -0.131. The number of hydrogen-bond acceptors (Lipinski definition) is 1. The molecule has 1 rings (SSSR count). The minimum Gasteiger partial charge on any atom is -0.478 e. The van der Waals surface area contributed by atoms with Crippen molar-refractivity contribution in [2.45, 2.75) is 26.1 Å². The summed E-state index contributed by atoms with van der Waals surface area (Å²) in [7, 11) is -1.63. The minimum atomic E-state index is -1.63. The monoisotopic (exact) mass is 234 g/mol. The summed E-state index contributed by atoms with van der Waals surface area (Å²) in [6.07, 6.45) is 1.36. The molecule has 0 aliphatic rings. The maximum absolute atomic E-state index is 10.7. The van der Waals surface area contributed by atoms with Crippen molar-refractivity contribution in [3.63, 3.8) is 0 Å². The Morgan fingerprint density at radius 1 is 1.31 bits per heavy atom. The maximum atomic E-state index is 10.7. The third-order valence-electron chi connectivity index (χ3n) is 2.90. The Morgan fingerprint density at radius 2 is 1.88 bits per heavy atom. The number of rotatable bonds is 4. The summed E-state index contributed by atoms with van der Waals surface area (Å²) in [5.41, 5.74) is 1.29. The predicted molar refractivity (Wildman–Crippen MR) is 69.0 cm³/mol. The van der Waals surface area contributed by atoms with Gasteiger partial charge in [0.25, 0.3) is 0 Å². The zero-order chi connectivity index (χ0) is 12.2. The first kappa shape index (κ1) is 12.7. The Labute approximate surface area is 97.6 Å². The molecule has 0 aliphatic heterocycles. The molecule has 16 heavy (non-hydrogen) atoms. The third-order valence-corrected chi connectivity index (χ3v) is 6.47. The Bertz CT molecular complexity index is 394. The van der Waals surface area contributed by atoms with Crippen LogP contribution in [0.1, 0.15) is 12.5 Å². The van der Waals surface area contributed by atoms with Crippen LogP contribution in [0.3, 0.4) is 0 Å². The summed E-state index contributed by atoms with van der Waals surface area (Å²) in [5, 5.41) is 9.79. The number of carbonyl (C=O) groups is 1. The fraction of sp³-hybridized carbons (Fsp3) is 0.308. The van der Waals surface area contributed by atoms with Crippen LogP contribution in [0.2, 0.25) is 13.1 Å². The van der Waals surface area contributed by atoms with Crippen LogP contribution in [0.15, 0.2) is 41.6 Å². The van der Waals surface area contributed by atoms with E-state index in [2.05, 4.69) is 25.2 Å². The molecule has 0 radical (unpaired) electrons. The normalized spacial score (nSPS) is 12.6. The Balaban J connectivity index is 2.83. The Hall–Kier alpha value is -1.35. The van der Waals surface area contributed by atoms with Gasteiger partial charge < -0.3 is 5.11 Å². The van der Waals surface area contributed by atoms with E-state index < -0.39 is 14.0 Å². The van der Waals surface area contributed by atoms with E-state index in [1.807, 2.05) is 25.1 Å². The van der Waals surface area contributed by atoms with Gasteiger partial charge in [-0.05, 0) is 13.0 Å². The van der Waals surface area contributed by atoms with Crippen LogP contribution in [0.4, 0.5) is 0 Å². The van der Waals surface area contributed by atoms with Crippen molar-refractivity contribution in [3.8, 4) is 0 Å². The molecule has 86 valence electrons. The smallest absolute Gasteiger partial charge is 0.327 e. The molecule has 0 saturated heterocycles. The highest BCUT2D eigenvalue weighted by molar-refractivity contribution is 6.83. The van der Waals surface area contributed by atoms with Gasteiger partial charge in [0, 0.05) is 6.08 Å². The van der Waals surface area contributed by atoms with Crippen molar-refractivity contribution in [3.05, 3.63) is 47.2 Å². The van der Waals surface area contributed by atoms with Gasteiger partial charge in [0.2, 0.25) is 0 Å². The van der Waals surface area contributed by atoms with Crippen LogP contribution in [0.25, 0.3) is 0 Å². The highest BCUT2D eigenvalue weighted by atomic mass is 28.3. The molecule has 0 bridgehead atoms. The maximum Gasteiger partial charge on any atom is 0.327 e. The van der Waals surface area contributed by atoms with Crippen molar-refractivity contribution in [1.29, 1.82) is 0 Å². The van der Waals surface area contributed by atoms with Gasteiger partial charge in [0.05, 0.1) is 8.07 Å². The van der Waals surface area contributed by atoms with Gasteiger partial charge >= 0.3 is 5.97 Å². The molecule has 0 saturated carbocycles. The molecular formula is C13H18O2Si. The first-order chi connectivity index (χ1) is 7.42. The summed E-state index contributed by atoms with van der Waals surface area (Å²) in [4.78, 5) is 10.7. The second kappa shape index (κ2) is 5.12. The SMILES string of the molecule is C/C(=C/C(=O)O)[Si](C)(C)Cc1ccccc1. The topological polar surface area (TPSA) is 37.3 Å². The number of carboxylic acid groups (broad SMARTS) is 1. The quantitative estimate of drug-likeness (QED) is 0.642. The van der Waals surface area contributed by atoms with Crippen molar-refractivity contribution < 1.29 is 9.90 Å². The number of benzene rings is 1. The molecule has 0 fully saturated rings. The molecule has 0 heterocycles. The van der Waals surface area contributed by atoms with Gasteiger partial charge in [-0.2, -0.15) is 0 Å². The molecular weight excluding hydrogens is 216 g/mol. The van der Waals surface area contributed by atoms with E-state index in [0.29, 0.717) is 0 Å². The Kier molecular flexibility index (Phi) is 4.07. The van der Waals surface area contributed by atoms with E-state index in [4.69, 9.17) is 5.11 Å². The molecule has 0 unspecified atom stereocenters. The fourth-order valence-electron chi connectivity index (χ4n) is 1.63. The minimum absolute atomic E-state index is 0.842. The van der Waals surface area contributed by atoms with Gasteiger partial charge in [0.15, 0.2) is 0 Å². The zero-order valence-corrected chi connectivity index (χ0v) is 11.0. The average Bonchev–Trinajstić information content (AvgIpc) is 2.17. The highest BCUT2D eigenvalue weighted by Gasteiger charge is 2.23. The highest BCUT2D eigenvalue weighted by Crippen LogP contribution is 2.19. The zero-order valence-electron chi connectivity index (χ0n) is 10.0. The largest absolute Gasteiger partial charge is 0.478 e. The molecule has 0 amide bonds. The predicted octanol–water partition coefficient (Wildman–Crippen LogP) is 3.05. The summed E-state index contributed by atoms with van der Waals surface area (Å²) in [6, 6.07) is 11.2. The fourth-order valence-corrected chi connectivity index (χ4v) is 3.68.